The number of pyridine rings is 1. The molecule has 0 radical (unpaired) electrons. The van der Waals surface area contributed by atoms with Crippen LogP contribution in [-0.4, -0.2) is 22.4 Å². The van der Waals surface area contributed by atoms with Crippen molar-refractivity contribution < 1.29 is 13.9 Å². The van der Waals surface area contributed by atoms with Gasteiger partial charge in [0.05, 0.1) is 5.69 Å². The molecule has 4 rings (SSSR count). The largest absolute Gasteiger partial charge is 0.484 e. The van der Waals surface area contributed by atoms with Gasteiger partial charge >= 0.3 is 0 Å². The summed E-state index contributed by atoms with van der Waals surface area (Å²) in [6.45, 7) is 4.73. The number of benzene rings is 1. The third kappa shape index (κ3) is 3.06. The molecule has 6 heteroatoms. The van der Waals surface area contributed by atoms with Gasteiger partial charge in [0.1, 0.15) is 11.6 Å². The van der Waals surface area contributed by atoms with Crippen molar-refractivity contribution in [1.29, 1.82) is 0 Å². The highest BCUT2D eigenvalue weighted by molar-refractivity contribution is 6.05. The van der Waals surface area contributed by atoms with Gasteiger partial charge in [0.2, 0.25) is 11.7 Å². The van der Waals surface area contributed by atoms with Gasteiger partial charge in [0.15, 0.2) is 6.61 Å². The summed E-state index contributed by atoms with van der Waals surface area (Å²) in [7, 11) is 0. The molecular weight excluding hydrogens is 330 g/mol. The van der Waals surface area contributed by atoms with E-state index in [1.807, 2.05) is 50.2 Å². The number of ether oxygens (including phenoxy) is 1. The Kier molecular flexibility index (Phi) is 4.16. The fourth-order valence-corrected chi connectivity index (χ4v) is 2.88. The number of fused-ring (bicyclic) bond motifs is 1. The predicted octanol–water partition coefficient (Wildman–Crippen LogP) is 3.47. The van der Waals surface area contributed by atoms with Crippen molar-refractivity contribution >= 4 is 11.7 Å². The number of oxazole rings is 1. The van der Waals surface area contributed by atoms with Crippen molar-refractivity contribution in [2.75, 3.05) is 11.4 Å². The molecule has 2 aromatic heterocycles. The zero-order valence-electron chi connectivity index (χ0n) is 14.7. The fourth-order valence-electron chi connectivity index (χ4n) is 2.88. The summed E-state index contributed by atoms with van der Waals surface area (Å²) in [5.74, 6) is 1.85. The van der Waals surface area contributed by atoms with Crippen LogP contribution in [0.4, 0.5) is 5.82 Å². The maximum Gasteiger partial charge on any atom is 0.297 e. The van der Waals surface area contributed by atoms with E-state index in [0.717, 1.165) is 16.9 Å². The van der Waals surface area contributed by atoms with Crippen LogP contribution in [-0.2, 0) is 13.0 Å². The normalized spacial score (nSPS) is 13.6. The number of para-hydroxylation sites is 1. The lowest BCUT2D eigenvalue weighted by atomic mass is 10.1. The van der Waals surface area contributed by atoms with Gasteiger partial charge in [0.25, 0.3) is 5.91 Å². The molecule has 0 saturated heterocycles. The molecule has 0 fully saturated rings. The number of amides is 1. The first-order chi connectivity index (χ1) is 12.6. The Morgan fingerprint density at radius 2 is 2.00 bits per heavy atom. The molecule has 0 bridgehead atoms. The second kappa shape index (κ2) is 6.63. The third-order valence-corrected chi connectivity index (χ3v) is 4.49. The molecule has 0 unspecified atom stereocenters. The highest BCUT2D eigenvalue weighted by Gasteiger charge is 2.32. The minimum Gasteiger partial charge on any atom is -0.484 e. The van der Waals surface area contributed by atoms with E-state index in [9.17, 15) is 4.79 Å². The van der Waals surface area contributed by atoms with E-state index in [0.29, 0.717) is 30.4 Å². The monoisotopic (exact) mass is 349 g/mol. The smallest absolute Gasteiger partial charge is 0.297 e. The van der Waals surface area contributed by atoms with Gasteiger partial charge in [0, 0.05) is 19.2 Å². The number of hydrogen-bond acceptors (Lipinski definition) is 5. The van der Waals surface area contributed by atoms with Crippen LogP contribution in [0.2, 0.25) is 0 Å². The minimum absolute atomic E-state index is 0.187. The molecule has 0 spiro atoms. The molecule has 1 amide bonds. The van der Waals surface area contributed by atoms with E-state index in [1.54, 1.807) is 11.1 Å². The number of nitrogens with zero attached hydrogens (tertiary/aromatic N) is 3. The Labute approximate surface area is 151 Å². The van der Waals surface area contributed by atoms with Crippen LogP contribution in [0.1, 0.15) is 33.3 Å². The van der Waals surface area contributed by atoms with E-state index in [1.165, 1.54) is 0 Å². The first-order valence-electron chi connectivity index (χ1n) is 8.53. The maximum absolute atomic E-state index is 12.8. The van der Waals surface area contributed by atoms with E-state index in [-0.39, 0.29) is 18.3 Å². The number of aromatic nitrogens is 2. The van der Waals surface area contributed by atoms with E-state index in [4.69, 9.17) is 9.15 Å². The Morgan fingerprint density at radius 1 is 1.19 bits per heavy atom. The van der Waals surface area contributed by atoms with Crippen LogP contribution < -0.4 is 9.64 Å². The zero-order chi connectivity index (χ0) is 18.1. The predicted molar refractivity (Wildman–Crippen MR) is 96.4 cm³/mol. The standard InChI is InChI=1S/C20H19N3O3/c1-13-10-17(21-11-14(13)2)23-9-8-16-19(20(23)24)26-18(22-16)12-25-15-6-4-3-5-7-15/h3-7,10-11H,8-9,12H2,1-2H3. The fraction of sp³-hybridized carbons (Fsp3) is 0.250. The molecule has 1 aliphatic rings. The summed E-state index contributed by atoms with van der Waals surface area (Å²) in [5.41, 5.74) is 2.88. The highest BCUT2D eigenvalue weighted by atomic mass is 16.5. The quantitative estimate of drug-likeness (QED) is 0.721. The Balaban J connectivity index is 1.53. The first kappa shape index (κ1) is 16.3. The molecule has 3 heterocycles. The molecule has 132 valence electrons. The minimum atomic E-state index is -0.208. The zero-order valence-corrected chi connectivity index (χ0v) is 14.7. The molecule has 1 aromatic carbocycles. The van der Waals surface area contributed by atoms with Crippen molar-refractivity contribution in [3.63, 3.8) is 0 Å². The van der Waals surface area contributed by atoms with Crippen LogP contribution in [0.3, 0.4) is 0 Å². The van der Waals surface area contributed by atoms with Gasteiger partial charge < -0.3 is 9.15 Å². The molecule has 0 saturated carbocycles. The number of hydrogen-bond donors (Lipinski definition) is 0. The molecule has 6 nitrogen and oxygen atoms in total. The molecular formula is C20H19N3O3. The Bertz CT molecular complexity index is 950. The van der Waals surface area contributed by atoms with Crippen molar-refractivity contribution in [1.82, 2.24) is 9.97 Å². The summed E-state index contributed by atoms with van der Waals surface area (Å²) in [5, 5.41) is 0. The van der Waals surface area contributed by atoms with Gasteiger partial charge in [-0.1, -0.05) is 18.2 Å². The number of anilines is 1. The van der Waals surface area contributed by atoms with Crippen molar-refractivity contribution in [3.05, 3.63) is 71.1 Å². The van der Waals surface area contributed by atoms with Gasteiger partial charge in [-0.2, -0.15) is 0 Å². The summed E-state index contributed by atoms with van der Waals surface area (Å²) in [4.78, 5) is 23.3. The molecule has 3 aromatic rings. The summed E-state index contributed by atoms with van der Waals surface area (Å²) < 4.78 is 11.3. The second-order valence-corrected chi connectivity index (χ2v) is 6.32. The van der Waals surface area contributed by atoms with E-state index in [2.05, 4.69) is 9.97 Å². The van der Waals surface area contributed by atoms with Crippen LogP contribution in [0.25, 0.3) is 0 Å². The van der Waals surface area contributed by atoms with Crippen LogP contribution in [0.15, 0.2) is 47.0 Å². The first-order valence-corrected chi connectivity index (χ1v) is 8.53. The Morgan fingerprint density at radius 3 is 2.77 bits per heavy atom. The second-order valence-electron chi connectivity index (χ2n) is 6.32. The van der Waals surface area contributed by atoms with Crippen molar-refractivity contribution in [2.45, 2.75) is 26.9 Å². The number of rotatable bonds is 4. The van der Waals surface area contributed by atoms with Crippen LogP contribution >= 0.6 is 0 Å². The summed E-state index contributed by atoms with van der Waals surface area (Å²) in [6.07, 6.45) is 2.41. The lowest BCUT2D eigenvalue weighted by molar-refractivity contribution is 0.0947. The lowest BCUT2D eigenvalue weighted by Crippen LogP contribution is -2.37. The summed E-state index contributed by atoms with van der Waals surface area (Å²) in [6, 6.07) is 11.4. The molecule has 1 aliphatic heterocycles. The van der Waals surface area contributed by atoms with E-state index >= 15 is 0 Å². The topological polar surface area (TPSA) is 68.5 Å². The van der Waals surface area contributed by atoms with Crippen molar-refractivity contribution in [2.24, 2.45) is 0 Å². The van der Waals surface area contributed by atoms with E-state index < -0.39 is 0 Å². The molecule has 0 atom stereocenters. The average molecular weight is 349 g/mol. The lowest BCUT2D eigenvalue weighted by Gasteiger charge is -2.24. The van der Waals surface area contributed by atoms with Crippen molar-refractivity contribution in [3.8, 4) is 5.75 Å². The van der Waals surface area contributed by atoms with Crippen LogP contribution in [0, 0.1) is 13.8 Å². The molecule has 26 heavy (non-hydrogen) atoms. The average Bonchev–Trinajstić information content (AvgIpc) is 3.08. The maximum atomic E-state index is 12.8. The number of carbonyl (C=O) groups is 1. The van der Waals surface area contributed by atoms with Crippen LogP contribution in [0.5, 0.6) is 5.75 Å². The molecule has 0 aliphatic carbocycles. The molecule has 0 N–H and O–H groups in total. The third-order valence-electron chi connectivity index (χ3n) is 4.49. The highest BCUT2D eigenvalue weighted by Crippen LogP contribution is 2.25. The van der Waals surface area contributed by atoms with Gasteiger partial charge in [-0.05, 0) is 43.2 Å². The van der Waals surface area contributed by atoms with Gasteiger partial charge in [-0.3, -0.25) is 9.69 Å². The summed E-state index contributed by atoms with van der Waals surface area (Å²) >= 11 is 0. The number of aryl methyl sites for hydroxylation is 2. The Hall–Kier alpha value is -3.15. The van der Waals surface area contributed by atoms with Gasteiger partial charge in [-0.15, -0.1) is 0 Å². The number of carbonyl (C=O) groups excluding carboxylic acids is 1. The van der Waals surface area contributed by atoms with Gasteiger partial charge in [-0.25, -0.2) is 9.97 Å². The SMILES string of the molecule is Cc1cnc(N2CCc3nc(COc4ccccc4)oc3C2=O)cc1C.